The van der Waals surface area contributed by atoms with Crippen LogP contribution in [-0.2, 0) is 11.3 Å². The third-order valence-electron chi connectivity index (χ3n) is 2.57. The molecule has 1 heterocycles. The molecule has 0 spiro atoms. The van der Waals surface area contributed by atoms with E-state index in [1.807, 2.05) is 6.92 Å². The second-order valence-electron chi connectivity index (χ2n) is 3.95. The normalized spacial score (nSPS) is 10.8. The lowest BCUT2D eigenvalue weighted by atomic mass is 10.2. The molecule has 0 aliphatic carbocycles. The smallest absolute Gasteiger partial charge is 0.260 e. The molecule has 0 aliphatic rings. The first-order valence-electron chi connectivity index (χ1n) is 5.74. The van der Waals surface area contributed by atoms with Gasteiger partial charge in [-0.05, 0) is 19.1 Å². The van der Waals surface area contributed by atoms with Crippen LogP contribution in [0.4, 0.5) is 0 Å². The number of carbonyl (C=O) groups excluding carboxylic acids is 1. The van der Waals surface area contributed by atoms with Gasteiger partial charge in [0, 0.05) is 18.0 Å². The molecule has 0 saturated carbocycles. The lowest BCUT2D eigenvalue weighted by Crippen LogP contribution is -2.23. The molecule has 0 bridgehead atoms. The van der Waals surface area contributed by atoms with E-state index in [0.29, 0.717) is 5.56 Å². The molecule has 1 amide bonds. The summed E-state index contributed by atoms with van der Waals surface area (Å²) in [6.45, 7) is 1.97. The van der Waals surface area contributed by atoms with E-state index >= 15 is 0 Å². The number of aromatic nitrogens is 2. The molecule has 1 aromatic heterocycles. The highest BCUT2D eigenvalue weighted by Gasteiger charge is 2.03. The molecule has 2 aromatic rings. The molecule has 0 aliphatic heterocycles. The number of amides is 1. The molecule has 98 valence electrons. The van der Waals surface area contributed by atoms with Gasteiger partial charge in [-0.3, -0.25) is 4.79 Å². The molecular weight excluding hydrogens is 244 g/mol. The van der Waals surface area contributed by atoms with Crippen LogP contribution < -0.4 is 5.43 Å². The fourth-order valence-electron chi connectivity index (χ4n) is 1.53. The monoisotopic (exact) mass is 258 g/mol. The second-order valence-corrected chi connectivity index (χ2v) is 3.95. The Hall–Kier alpha value is -2.63. The highest BCUT2D eigenvalue weighted by Crippen LogP contribution is 2.12. The number of carbonyl (C=O) groups is 1. The van der Waals surface area contributed by atoms with Crippen LogP contribution >= 0.6 is 0 Å². The van der Waals surface area contributed by atoms with E-state index in [0.717, 1.165) is 5.82 Å². The van der Waals surface area contributed by atoms with Gasteiger partial charge in [0.05, 0.1) is 6.21 Å². The summed E-state index contributed by atoms with van der Waals surface area (Å²) < 4.78 is 1.71. The zero-order valence-corrected chi connectivity index (χ0v) is 10.4. The van der Waals surface area contributed by atoms with Crippen molar-refractivity contribution in [3.8, 4) is 5.75 Å². The predicted octanol–water partition coefficient (Wildman–Crippen LogP) is 1.05. The van der Waals surface area contributed by atoms with E-state index < -0.39 is 0 Å². The molecule has 0 atom stereocenters. The van der Waals surface area contributed by atoms with Crippen LogP contribution in [0, 0.1) is 6.92 Å². The zero-order chi connectivity index (χ0) is 13.7. The number of phenols is 1. The van der Waals surface area contributed by atoms with E-state index in [9.17, 15) is 9.90 Å². The van der Waals surface area contributed by atoms with Gasteiger partial charge in [-0.15, -0.1) is 0 Å². The Morgan fingerprint density at radius 1 is 1.53 bits per heavy atom. The Morgan fingerprint density at radius 2 is 2.32 bits per heavy atom. The Labute approximate surface area is 110 Å². The van der Waals surface area contributed by atoms with E-state index in [1.54, 1.807) is 41.2 Å². The number of phenolic OH excluding ortho intramolecular Hbond substituents is 1. The summed E-state index contributed by atoms with van der Waals surface area (Å²) in [4.78, 5) is 15.6. The fourth-order valence-corrected chi connectivity index (χ4v) is 1.53. The molecule has 2 rings (SSSR count). The maximum atomic E-state index is 11.6. The number of para-hydroxylation sites is 1. The van der Waals surface area contributed by atoms with Crippen molar-refractivity contribution in [2.45, 2.75) is 13.5 Å². The molecule has 6 heteroatoms. The molecule has 0 saturated heterocycles. The Balaban J connectivity index is 1.91. The Morgan fingerprint density at radius 3 is 3.00 bits per heavy atom. The van der Waals surface area contributed by atoms with E-state index in [2.05, 4.69) is 15.5 Å². The number of aryl methyl sites for hydroxylation is 1. The predicted molar refractivity (Wildman–Crippen MR) is 70.8 cm³/mol. The molecule has 19 heavy (non-hydrogen) atoms. The van der Waals surface area contributed by atoms with Crippen molar-refractivity contribution in [2.24, 2.45) is 5.10 Å². The molecule has 6 nitrogen and oxygen atoms in total. The number of nitrogens with one attached hydrogen (secondary N) is 1. The van der Waals surface area contributed by atoms with Gasteiger partial charge in [-0.2, -0.15) is 5.10 Å². The molecular formula is C13H14N4O2. The maximum absolute atomic E-state index is 11.6. The van der Waals surface area contributed by atoms with Crippen LogP contribution in [0.1, 0.15) is 11.4 Å². The molecule has 1 aromatic carbocycles. The minimum Gasteiger partial charge on any atom is -0.507 e. The van der Waals surface area contributed by atoms with Gasteiger partial charge in [-0.1, -0.05) is 12.1 Å². The fraction of sp³-hybridized carbons (Fsp3) is 0.154. The van der Waals surface area contributed by atoms with Crippen molar-refractivity contribution >= 4 is 12.1 Å². The average Bonchev–Trinajstić information content (AvgIpc) is 2.77. The Kier molecular flexibility index (Phi) is 3.92. The summed E-state index contributed by atoms with van der Waals surface area (Å²) in [6.07, 6.45) is 4.75. The largest absolute Gasteiger partial charge is 0.507 e. The number of hydrazone groups is 1. The summed E-state index contributed by atoms with van der Waals surface area (Å²) >= 11 is 0. The van der Waals surface area contributed by atoms with Gasteiger partial charge >= 0.3 is 0 Å². The maximum Gasteiger partial charge on any atom is 0.260 e. The standard InChI is InChI=1S/C13H14N4O2/c1-10-14-6-7-17(10)9-13(19)16-15-8-11-4-2-3-5-12(11)18/h2-8,18H,9H2,1H3,(H,16,19)/b15-8+. The lowest BCUT2D eigenvalue weighted by molar-refractivity contribution is -0.121. The van der Waals surface area contributed by atoms with Crippen molar-refractivity contribution in [2.75, 3.05) is 0 Å². The van der Waals surface area contributed by atoms with Crippen LogP contribution in [0.2, 0.25) is 0 Å². The van der Waals surface area contributed by atoms with E-state index in [1.165, 1.54) is 6.21 Å². The van der Waals surface area contributed by atoms with Crippen molar-refractivity contribution in [1.29, 1.82) is 0 Å². The van der Waals surface area contributed by atoms with Crippen LogP contribution in [0.3, 0.4) is 0 Å². The lowest BCUT2D eigenvalue weighted by Gasteiger charge is -2.03. The molecule has 0 fully saturated rings. The molecule has 0 radical (unpaired) electrons. The van der Waals surface area contributed by atoms with Gasteiger partial charge < -0.3 is 9.67 Å². The minimum atomic E-state index is -0.257. The van der Waals surface area contributed by atoms with Crippen LogP contribution in [0.15, 0.2) is 41.8 Å². The topological polar surface area (TPSA) is 79.5 Å². The zero-order valence-electron chi connectivity index (χ0n) is 10.4. The first-order valence-corrected chi connectivity index (χ1v) is 5.74. The number of hydrogen-bond acceptors (Lipinski definition) is 4. The van der Waals surface area contributed by atoms with Gasteiger partial charge in [0.2, 0.25) is 0 Å². The summed E-state index contributed by atoms with van der Waals surface area (Å²) in [5.41, 5.74) is 2.94. The first-order chi connectivity index (χ1) is 9.16. The van der Waals surface area contributed by atoms with Crippen LogP contribution in [-0.4, -0.2) is 26.8 Å². The first kappa shape index (κ1) is 12.8. The number of benzene rings is 1. The average molecular weight is 258 g/mol. The highest BCUT2D eigenvalue weighted by atomic mass is 16.3. The third-order valence-corrected chi connectivity index (χ3v) is 2.57. The van der Waals surface area contributed by atoms with Gasteiger partial charge in [0.15, 0.2) is 0 Å². The highest BCUT2D eigenvalue weighted by molar-refractivity contribution is 5.84. The van der Waals surface area contributed by atoms with Gasteiger partial charge in [-0.25, -0.2) is 10.4 Å². The number of imidazole rings is 1. The van der Waals surface area contributed by atoms with E-state index in [4.69, 9.17) is 0 Å². The number of rotatable bonds is 4. The number of aromatic hydroxyl groups is 1. The summed E-state index contributed by atoms with van der Waals surface area (Å²) in [7, 11) is 0. The second kappa shape index (κ2) is 5.81. The van der Waals surface area contributed by atoms with Gasteiger partial charge in [0.25, 0.3) is 5.91 Å². The van der Waals surface area contributed by atoms with E-state index in [-0.39, 0.29) is 18.2 Å². The van der Waals surface area contributed by atoms with Crippen molar-refractivity contribution < 1.29 is 9.90 Å². The van der Waals surface area contributed by atoms with Crippen molar-refractivity contribution in [1.82, 2.24) is 15.0 Å². The van der Waals surface area contributed by atoms with Crippen molar-refractivity contribution in [3.63, 3.8) is 0 Å². The summed E-state index contributed by atoms with van der Waals surface area (Å²) in [6, 6.07) is 6.74. The van der Waals surface area contributed by atoms with Crippen LogP contribution in [0.5, 0.6) is 5.75 Å². The number of hydrogen-bond donors (Lipinski definition) is 2. The van der Waals surface area contributed by atoms with Crippen molar-refractivity contribution in [3.05, 3.63) is 48.0 Å². The Bertz CT molecular complexity index is 604. The SMILES string of the molecule is Cc1nccn1CC(=O)N/N=C/c1ccccc1O. The summed E-state index contributed by atoms with van der Waals surface area (Å²) in [5, 5.41) is 13.3. The summed E-state index contributed by atoms with van der Waals surface area (Å²) in [5.74, 6) is 0.624. The third kappa shape index (κ3) is 3.41. The quantitative estimate of drug-likeness (QED) is 0.635. The number of nitrogens with zero attached hydrogens (tertiary/aromatic N) is 3. The molecule has 0 unspecified atom stereocenters. The molecule has 2 N–H and O–H groups in total. The van der Waals surface area contributed by atoms with Crippen LogP contribution in [0.25, 0.3) is 0 Å². The minimum absolute atomic E-state index is 0.117. The van der Waals surface area contributed by atoms with Gasteiger partial charge in [0.1, 0.15) is 18.1 Å².